The van der Waals surface area contributed by atoms with Crippen molar-refractivity contribution in [2.45, 2.75) is 20.3 Å². The highest BCUT2D eigenvalue weighted by Crippen LogP contribution is 2.16. The van der Waals surface area contributed by atoms with Gasteiger partial charge in [-0.05, 0) is 38.1 Å². The number of benzene rings is 1. The van der Waals surface area contributed by atoms with Crippen LogP contribution in [0.1, 0.15) is 24.2 Å². The van der Waals surface area contributed by atoms with Crippen LogP contribution in [0.5, 0.6) is 0 Å². The number of halogens is 2. The number of alkyl halides is 2. The Hall–Kier alpha value is -1.69. The number of carbonyl (C=O) groups excluding carboxylic acids is 1. The summed E-state index contributed by atoms with van der Waals surface area (Å²) < 4.78 is 24.9. The first-order chi connectivity index (χ1) is 10.0. The van der Waals surface area contributed by atoms with E-state index in [4.69, 9.17) is 5.11 Å². The molecule has 6 heteroatoms. The van der Waals surface area contributed by atoms with Crippen molar-refractivity contribution in [1.82, 2.24) is 4.90 Å². The maximum absolute atomic E-state index is 12.5. The van der Waals surface area contributed by atoms with E-state index in [2.05, 4.69) is 4.90 Å². The number of amides is 1. The zero-order valence-corrected chi connectivity index (χ0v) is 12.4. The van der Waals surface area contributed by atoms with Crippen molar-refractivity contribution in [3.8, 4) is 0 Å². The van der Waals surface area contributed by atoms with Gasteiger partial charge in [-0.1, -0.05) is 0 Å². The highest BCUT2D eigenvalue weighted by molar-refractivity contribution is 5.94. The predicted octanol–water partition coefficient (Wildman–Crippen LogP) is 2.23. The Balaban J connectivity index is 2.85. The molecule has 21 heavy (non-hydrogen) atoms. The average Bonchev–Trinajstić information content (AvgIpc) is 2.47. The molecule has 0 unspecified atom stereocenters. The lowest BCUT2D eigenvalue weighted by Gasteiger charge is -2.23. The Morgan fingerprint density at radius 1 is 1.19 bits per heavy atom. The van der Waals surface area contributed by atoms with Gasteiger partial charge < -0.3 is 14.9 Å². The van der Waals surface area contributed by atoms with Crippen molar-refractivity contribution in [3.63, 3.8) is 0 Å². The monoisotopic (exact) mass is 300 g/mol. The lowest BCUT2D eigenvalue weighted by atomic mass is 10.1. The van der Waals surface area contributed by atoms with Crippen LogP contribution in [-0.4, -0.2) is 55.1 Å². The van der Waals surface area contributed by atoms with Gasteiger partial charge in [0.2, 0.25) is 0 Å². The van der Waals surface area contributed by atoms with Gasteiger partial charge in [0.25, 0.3) is 12.3 Å². The summed E-state index contributed by atoms with van der Waals surface area (Å²) in [6.45, 7) is 4.67. The van der Waals surface area contributed by atoms with E-state index < -0.39 is 18.9 Å². The van der Waals surface area contributed by atoms with Crippen LogP contribution in [0.15, 0.2) is 24.3 Å². The van der Waals surface area contributed by atoms with E-state index in [-0.39, 0.29) is 13.2 Å². The first-order valence-electron chi connectivity index (χ1n) is 7.06. The van der Waals surface area contributed by atoms with E-state index in [0.29, 0.717) is 5.56 Å². The number of anilines is 1. The van der Waals surface area contributed by atoms with Crippen molar-refractivity contribution in [1.29, 1.82) is 0 Å². The van der Waals surface area contributed by atoms with Crippen molar-refractivity contribution >= 4 is 11.6 Å². The average molecular weight is 300 g/mol. The van der Waals surface area contributed by atoms with Gasteiger partial charge in [0.1, 0.15) is 0 Å². The molecule has 1 amide bonds. The first-order valence-corrected chi connectivity index (χ1v) is 7.06. The summed E-state index contributed by atoms with van der Waals surface area (Å²) in [5.41, 5.74) is 1.33. The van der Waals surface area contributed by atoms with Crippen LogP contribution in [0, 0.1) is 0 Å². The molecule has 0 saturated carbocycles. The molecule has 0 bridgehead atoms. The van der Waals surface area contributed by atoms with Gasteiger partial charge in [-0.25, -0.2) is 8.78 Å². The van der Waals surface area contributed by atoms with E-state index in [1.807, 2.05) is 13.8 Å². The molecule has 0 aliphatic carbocycles. The summed E-state index contributed by atoms with van der Waals surface area (Å²) in [5.74, 6) is -0.490. The summed E-state index contributed by atoms with van der Waals surface area (Å²) in [4.78, 5) is 15.3. The van der Waals surface area contributed by atoms with Crippen LogP contribution in [0.2, 0.25) is 0 Å². The standard InChI is InChI=1S/C15H22F2N2O2/c1-3-18(4-2)13-7-5-12(6-8-13)15(21)19(9-10-20)11-14(16)17/h5-8,14,20H,3-4,9-11H2,1-2H3. The van der Waals surface area contributed by atoms with Crippen LogP contribution in [0.3, 0.4) is 0 Å². The third kappa shape index (κ3) is 4.97. The quantitative estimate of drug-likeness (QED) is 0.800. The molecule has 0 atom stereocenters. The highest BCUT2D eigenvalue weighted by atomic mass is 19.3. The lowest BCUT2D eigenvalue weighted by Crippen LogP contribution is -2.37. The molecule has 0 fully saturated rings. The van der Waals surface area contributed by atoms with Gasteiger partial charge in [0.15, 0.2) is 0 Å². The molecule has 4 nitrogen and oxygen atoms in total. The Bertz CT molecular complexity index is 434. The van der Waals surface area contributed by atoms with E-state index in [0.717, 1.165) is 23.7 Å². The maximum atomic E-state index is 12.5. The number of aliphatic hydroxyl groups excluding tert-OH is 1. The van der Waals surface area contributed by atoms with Crippen molar-refractivity contribution in [3.05, 3.63) is 29.8 Å². The molecule has 0 saturated heterocycles. The van der Waals surface area contributed by atoms with Gasteiger partial charge in [-0.2, -0.15) is 0 Å². The Morgan fingerprint density at radius 3 is 2.19 bits per heavy atom. The van der Waals surface area contributed by atoms with Gasteiger partial charge in [-0.15, -0.1) is 0 Å². The maximum Gasteiger partial charge on any atom is 0.255 e. The minimum Gasteiger partial charge on any atom is -0.395 e. The highest BCUT2D eigenvalue weighted by Gasteiger charge is 2.19. The lowest BCUT2D eigenvalue weighted by molar-refractivity contribution is 0.0509. The van der Waals surface area contributed by atoms with E-state index in [1.165, 1.54) is 0 Å². The largest absolute Gasteiger partial charge is 0.395 e. The van der Waals surface area contributed by atoms with Crippen LogP contribution < -0.4 is 4.90 Å². The summed E-state index contributed by atoms with van der Waals surface area (Å²) in [6.07, 6.45) is -2.62. The predicted molar refractivity (Wildman–Crippen MR) is 79.0 cm³/mol. The van der Waals surface area contributed by atoms with Crippen LogP contribution in [0.25, 0.3) is 0 Å². The van der Waals surface area contributed by atoms with Crippen molar-refractivity contribution in [2.75, 3.05) is 37.7 Å². The molecule has 1 aromatic carbocycles. The molecule has 0 aliphatic rings. The topological polar surface area (TPSA) is 43.8 Å². The summed E-state index contributed by atoms with van der Waals surface area (Å²) >= 11 is 0. The smallest absolute Gasteiger partial charge is 0.255 e. The fraction of sp³-hybridized carbons (Fsp3) is 0.533. The normalized spacial score (nSPS) is 10.8. The van der Waals surface area contributed by atoms with E-state index in [1.54, 1.807) is 24.3 Å². The van der Waals surface area contributed by atoms with Crippen molar-refractivity contribution in [2.24, 2.45) is 0 Å². The van der Waals surface area contributed by atoms with Crippen LogP contribution in [0.4, 0.5) is 14.5 Å². The molecule has 0 radical (unpaired) electrons. The van der Waals surface area contributed by atoms with Crippen LogP contribution >= 0.6 is 0 Å². The fourth-order valence-electron chi connectivity index (χ4n) is 2.15. The molecule has 1 N–H and O–H groups in total. The van der Waals surface area contributed by atoms with Crippen molar-refractivity contribution < 1.29 is 18.7 Å². The second-order valence-corrected chi connectivity index (χ2v) is 4.59. The van der Waals surface area contributed by atoms with Gasteiger partial charge in [0, 0.05) is 30.9 Å². The minimum absolute atomic E-state index is 0.0963. The van der Waals surface area contributed by atoms with Gasteiger partial charge in [-0.3, -0.25) is 4.79 Å². The molecule has 0 aromatic heterocycles. The Labute approximate surface area is 124 Å². The fourth-order valence-corrected chi connectivity index (χ4v) is 2.15. The molecule has 0 spiro atoms. The second-order valence-electron chi connectivity index (χ2n) is 4.59. The Kier molecular flexibility index (Phi) is 7.08. The molecular formula is C15H22F2N2O2. The number of hydrogen-bond acceptors (Lipinski definition) is 3. The summed E-state index contributed by atoms with van der Waals surface area (Å²) in [5, 5.41) is 8.88. The molecule has 0 heterocycles. The number of hydrogen-bond donors (Lipinski definition) is 1. The first kappa shape index (κ1) is 17.4. The third-order valence-electron chi connectivity index (χ3n) is 3.26. The molecule has 1 aromatic rings. The summed E-state index contributed by atoms with van der Waals surface area (Å²) in [6, 6.07) is 6.87. The number of nitrogens with zero attached hydrogens (tertiary/aromatic N) is 2. The van der Waals surface area contributed by atoms with Gasteiger partial charge in [0.05, 0.1) is 13.2 Å². The minimum atomic E-state index is -2.62. The number of rotatable bonds is 8. The van der Waals surface area contributed by atoms with E-state index >= 15 is 0 Å². The zero-order chi connectivity index (χ0) is 15.8. The van der Waals surface area contributed by atoms with E-state index in [9.17, 15) is 13.6 Å². The van der Waals surface area contributed by atoms with Crippen LogP contribution in [-0.2, 0) is 0 Å². The summed E-state index contributed by atoms with van der Waals surface area (Å²) in [7, 11) is 0. The molecule has 0 aliphatic heterocycles. The molecule has 118 valence electrons. The van der Waals surface area contributed by atoms with Gasteiger partial charge >= 0.3 is 0 Å². The second kappa shape index (κ2) is 8.56. The third-order valence-corrected chi connectivity index (χ3v) is 3.26. The SMILES string of the molecule is CCN(CC)c1ccc(C(=O)N(CCO)CC(F)F)cc1. The Morgan fingerprint density at radius 2 is 1.76 bits per heavy atom. The number of aliphatic hydroxyl groups is 1. The molecular weight excluding hydrogens is 278 g/mol. The zero-order valence-electron chi connectivity index (χ0n) is 12.4. The molecule has 1 rings (SSSR count). The number of carbonyl (C=O) groups is 1.